The fraction of sp³-hybridized carbons (Fsp3) is 0.292. The van der Waals surface area contributed by atoms with Gasteiger partial charge in [0.1, 0.15) is 23.4 Å². The van der Waals surface area contributed by atoms with E-state index in [9.17, 15) is 0 Å². The maximum atomic E-state index is 6.29. The number of ether oxygens (including phenoxy) is 1. The molecule has 4 heterocycles. The molecule has 0 unspecified atom stereocenters. The molecule has 1 aliphatic heterocycles. The Bertz CT molecular complexity index is 1280. The molecule has 170 valence electrons. The summed E-state index contributed by atoms with van der Waals surface area (Å²) in [6.07, 6.45) is 4.65. The molecule has 33 heavy (non-hydrogen) atoms. The van der Waals surface area contributed by atoms with Gasteiger partial charge in [-0.15, -0.1) is 0 Å². The van der Waals surface area contributed by atoms with E-state index in [1.54, 1.807) is 12.4 Å². The van der Waals surface area contributed by atoms with Crippen molar-refractivity contribution in [3.63, 3.8) is 0 Å². The van der Waals surface area contributed by atoms with Crippen molar-refractivity contribution in [2.24, 2.45) is 0 Å². The van der Waals surface area contributed by atoms with Gasteiger partial charge in [0.05, 0.1) is 21.1 Å². The molecular formula is C24H24Cl2N6O. The molecule has 1 fully saturated rings. The summed E-state index contributed by atoms with van der Waals surface area (Å²) >= 11 is 12.6. The smallest absolute Gasteiger partial charge is 0.128 e. The normalized spacial score (nSPS) is 16.0. The van der Waals surface area contributed by atoms with E-state index in [0.717, 1.165) is 41.1 Å². The lowest BCUT2D eigenvalue weighted by Gasteiger charge is -2.48. The van der Waals surface area contributed by atoms with E-state index >= 15 is 0 Å². The van der Waals surface area contributed by atoms with Gasteiger partial charge >= 0.3 is 0 Å². The van der Waals surface area contributed by atoms with Crippen LogP contribution in [0.5, 0.6) is 5.75 Å². The zero-order valence-corrected chi connectivity index (χ0v) is 20.1. The Morgan fingerprint density at radius 1 is 1.12 bits per heavy atom. The molecule has 3 aromatic heterocycles. The monoisotopic (exact) mass is 482 g/mol. The van der Waals surface area contributed by atoms with Gasteiger partial charge in [0, 0.05) is 48.2 Å². The molecule has 4 aromatic rings. The molecule has 0 aliphatic carbocycles. The molecule has 1 aromatic carbocycles. The molecule has 9 heteroatoms. The molecule has 2 N–H and O–H groups in total. The number of fused-ring (bicyclic) bond motifs is 1. The highest BCUT2D eigenvalue weighted by atomic mass is 35.5. The third-order valence-electron chi connectivity index (χ3n) is 6.17. The average molecular weight is 483 g/mol. The van der Waals surface area contributed by atoms with Crippen LogP contribution in [-0.2, 0) is 0 Å². The van der Waals surface area contributed by atoms with E-state index in [2.05, 4.69) is 43.4 Å². The quantitative estimate of drug-likeness (QED) is 0.389. The van der Waals surface area contributed by atoms with Gasteiger partial charge in [0.2, 0.25) is 0 Å². The van der Waals surface area contributed by atoms with Crippen molar-refractivity contribution in [3.8, 4) is 17.0 Å². The highest BCUT2D eigenvalue weighted by molar-refractivity contribution is 6.35. The molecule has 1 saturated heterocycles. The van der Waals surface area contributed by atoms with Gasteiger partial charge in [-0.05, 0) is 51.2 Å². The van der Waals surface area contributed by atoms with Crippen molar-refractivity contribution in [1.29, 1.82) is 0 Å². The largest absolute Gasteiger partial charge is 0.486 e. The van der Waals surface area contributed by atoms with E-state index in [4.69, 9.17) is 27.9 Å². The van der Waals surface area contributed by atoms with Crippen molar-refractivity contribution < 1.29 is 4.74 Å². The number of aromatic nitrogens is 4. The second kappa shape index (κ2) is 8.48. The third kappa shape index (κ3) is 4.12. The Labute approximate surface area is 202 Å². The van der Waals surface area contributed by atoms with Gasteiger partial charge in [-0.2, -0.15) is 5.10 Å². The summed E-state index contributed by atoms with van der Waals surface area (Å²) in [6, 6.07) is 9.91. The lowest BCUT2D eigenvalue weighted by molar-refractivity contribution is 0.227. The number of likely N-dealkylation sites (N-methyl/N-ethyl adjacent to an activating group) is 1. The summed E-state index contributed by atoms with van der Waals surface area (Å²) in [5, 5.41) is 12.9. The van der Waals surface area contributed by atoms with Gasteiger partial charge in [0.15, 0.2) is 0 Å². The molecule has 0 bridgehead atoms. The summed E-state index contributed by atoms with van der Waals surface area (Å²) in [5.74, 6) is 1.66. The van der Waals surface area contributed by atoms with Crippen molar-refractivity contribution in [2.45, 2.75) is 25.5 Å². The fourth-order valence-electron chi connectivity index (χ4n) is 4.19. The van der Waals surface area contributed by atoms with Gasteiger partial charge in [-0.25, -0.2) is 4.98 Å². The minimum absolute atomic E-state index is 0.150. The first-order valence-electron chi connectivity index (χ1n) is 10.7. The number of nitrogens with zero attached hydrogens (tertiary/aromatic N) is 4. The van der Waals surface area contributed by atoms with E-state index in [-0.39, 0.29) is 11.6 Å². The summed E-state index contributed by atoms with van der Waals surface area (Å²) in [7, 11) is 2.00. The number of hydrogen-bond acceptors (Lipinski definition) is 6. The lowest BCUT2D eigenvalue weighted by atomic mass is 9.92. The first-order valence-corrected chi connectivity index (χ1v) is 11.5. The summed E-state index contributed by atoms with van der Waals surface area (Å²) < 4.78 is 6.17. The zero-order valence-electron chi connectivity index (χ0n) is 18.6. The van der Waals surface area contributed by atoms with Gasteiger partial charge < -0.3 is 15.0 Å². The third-order valence-corrected chi connectivity index (χ3v) is 6.77. The van der Waals surface area contributed by atoms with Crippen LogP contribution in [0.15, 0.2) is 48.9 Å². The zero-order chi connectivity index (χ0) is 23.2. The van der Waals surface area contributed by atoms with Crippen molar-refractivity contribution in [2.75, 3.05) is 25.0 Å². The van der Waals surface area contributed by atoms with Crippen molar-refractivity contribution >= 4 is 39.9 Å². The molecule has 0 spiro atoms. The molecule has 7 nitrogen and oxygen atoms in total. The molecule has 1 aliphatic rings. The van der Waals surface area contributed by atoms with Crippen LogP contribution in [0.25, 0.3) is 22.2 Å². The second-order valence-corrected chi connectivity index (χ2v) is 9.44. The van der Waals surface area contributed by atoms with Crippen LogP contribution >= 0.6 is 23.2 Å². The number of halogens is 2. The van der Waals surface area contributed by atoms with Crippen molar-refractivity contribution in [1.82, 2.24) is 25.5 Å². The van der Waals surface area contributed by atoms with Gasteiger partial charge in [0.25, 0.3) is 0 Å². The predicted molar refractivity (Wildman–Crippen MR) is 132 cm³/mol. The van der Waals surface area contributed by atoms with Crippen LogP contribution < -0.4 is 15.0 Å². The van der Waals surface area contributed by atoms with E-state index < -0.39 is 0 Å². The van der Waals surface area contributed by atoms with Crippen LogP contribution in [0, 0.1) is 0 Å². The van der Waals surface area contributed by atoms with Crippen LogP contribution in [0.1, 0.15) is 25.5 Å². The first-order chi connectivity index (χ1) is 15.9. The molecule has 1 atom stereocenters. The highest BCUT2D eigenvalue weighted by Crippen LogP contribution is 2.35. The minimum Gasteiger partial charge on any atom is -0.486 e. The molecule has 5 rings (SSSR count). The van der Waals surface area contributed by atoms with Crippen LogP contribution in [-0.4, -0.2) is 45.8 Å². The predicted octanol–water partition coefficient (Wildman–Crippen LogP) is 5.26. The number of benzene rings is 1. The number of hydrogen-bond donors (Lipinski definition) is 2. The fourth-order valence-corrected chi connectivity index (χ4v) is 4.86. The summed E-state index contributed by atoms with van der Waals surface area (Å²) in [4.78, 5) is 10.9. The van der Waals surface area contributed by atoms with Crippen LogP contribution in [0.2, 0.25) is 10.0 Å². The van der Waals surface area contributed by atoms with Crippen LogP contribution in [0.4, 0.5) is 5.82 Å². The Kier molecular flexibility index (Phi) is 5.64. The maximum Gasteiger partial charge on any atom is 0.128 e. The van der Waals surface area contributed by atoms with E-state index in [0.29, 0.717) is 21.4 Å². The topological polar surface area (TPSA) is 79.0 Å². The Morgan fingerprint density at radius 2 is 1.88 bits per heavy atom. The Balaban J connectivity index is 1.39. The SMILES string of the molecule is CNC1(C)CN(c2ccc(-c3n[nH]c4ccc(O[C@H](C)c5c(Cl)cncc5Cl)cc34)cn2)C1. The number of anilines is 1. The Morgan fingerprint density at radius 3 is 2.55 bits per heavy atom. The minimum atomic E-state index is -0.346. The maximum absolute atomic E-state index is 6.29. The van der Waals surface area contributed by atoms with E-state index in [1.165, 1.54) is 0 Å². The van der Waals surface area contributed by atoms with Gasteiger partial charge in [-0.3, -0.25) is 10.1 Å². The lowest BCUT2D eigenvalue weighted by Crippen LogP contribution is -2.67. The van der Waals surface area contributed by atoms with E-state index in [1.807, 2.05) is 44.4 Å². The average Bonchev–Trinajstić information content (AvgIpc) is 3.20. The number of rotatable bonds is 6. The molecule has 0 radical (unpaired) electrons. The van der Waals surface area contributed by atoms with Crippen LogP contribution in [0.3, 0.4) is 0 Å². The second-order valence-electron chi connectivity index (χ2n) is 8.63. The number of H-pyrrole nitrogens is 1. The first kappa shape index (κ1) is 21.9. The summed E-state index contributed by atoms with van der Waals surface area (Å²) in [5.41, 5.74) is 3.54. The standard InChI is InChI=1S/C24H24Cl2N6O/c1-14(22-18(25)10-28-11-19(22)26)33-16-5-6-20-17(8-16)23(31-30-20)15-4-7-21(29-9-15)32-12-24(2,13-32)27-3/h4-11,14,27H,12-13H2,1-3H3,(H,30,31)/t14-/m1/s1. The van der Waals surface area contributed by atoms with Gasteiger partial charge in [-0.1, -0.05) is 23.2 Å². The Hall–Kier alpha value is -2.87. The number of pyridine rings is 2. The molecular weight excluding hydrogens is 459 g/mol. The number of nitrogens with one attached hydrogen (secondary N) is 2. The van der Waals surface area contributed by atoms with Crippen molar-refractivity contribution in [3.05, 3.63) is 64.5 Å². The number of aromatic amines is 1. The highest BCUT2D eigenvalue weighted by Gasteiger charge is 2.37. The molecule has 0 amide bonds. The molecule has 0 saturated carbocycles. The summed E-state index contributed by atoms with van der Waals surface area (Å²) in [6.45, 7) is 5.99.